The van der Waals surface area contributed by atoms with Gasteiger partial charge < -0.3 is 4.90 Å². The maximum Gasteiger partial charge on any atom is 0.0973 e. The van der Waals surface area contributed by atoms with Crippen molar-refractivity contribution in [2.45, 2.75) is 63.7 Å². The van der Waals surface area contributed by atoms with Crippen molar-refractivity contribution in [3.8, 4) is 22.3 Å². The monoisotopic (exact) mass is 873 g/mol. The lowest BCUT2D eigenvalue weighted by molar-refractivity contribution is 0.469. The van der Waals surface area contributed by atoms with Gasteiger partial charge in [-0.3, -0.25) is 0 Å². The van der Waals surface area contributed by atoms with Gasteiger partial charge in [0.25, 0.3) is 0 Å². The molecule has 2 atom stereocenters. The van der Waals surface area contributed by atoms with Crippen molar-refractivity contribution in [1.29, 1.82) is 0 Å². The van der Waals surface area contributed by atoms with E-state index in [1.54, 1.807) is 0 Å². The van der Waals surface area contributed by atoms with Gasteiger partial charge in [-0.1, -0.05) is 203 Å². The van der Waals surface area contributed by atoms with Crippen LogP contribution < -0.4 is 4.90 Å². The quantitative estimate of drug-likeness (QED) is 0.144. The Kier molecular flexibility index (Phi) is 10.0. The fourth-order valence-corrected chi connectivity index (χ4v) is 12.2. The van der Waals surface area contributed by atoms with Crippen molar-refractivity contribution < 1.29 is 0 Å². The van der Waals surface area contributed by atoms with Gasteiger partial charge in [-0.05, 0) is 158 Å². The maximum atomic E-state index is 4.63. The van der Waals surface area contributed by atoms with E-state index in [2.05, 4.69) is 252 Å². The predicted molar refractivity (Wildman–Crippen MR) is 285 cm³/mol. The molecule has 0 aliphatic heterocycles. The lowest BCUT2D eigenvalue weighted by Gasteiger charge is -2.34. The van der Waals surface area contributed by atoms with Gasteiger partial charge in [0.05, 0.1) is 11.1 Å². The van der Waals surface area contributed by atoms with E-state index in [1.807, 2.05) is 0 Å². The number of fused-ring (bicyclic) bond motifs is 8. The third-order valence-corrected chi connectivity index (χ3v) is 15.7. The second-order valence-electron chi connectivity index (χ2n) is 20.0. The number of benzene rings is 7. The molecule has 328 valence electrons. The van der Waals surface area contributed by atoms with Gasteiger partial charge in [0, 0.05) is 28.3 Å². The molecule has 0 bridgehead atoms. The Balaban J connectivity index is 0.965. The van der Waals surface area contributed by atoms with E-state index in [-0.39, 0.29) is 5.41 Å². The van der Waals surface area contributed by atoms with Gasteiger partial charge in [-0.25, -0.2) is 0 Å². The van der Waals surface area contributed by atoms with E-state index in [0.29, 0.717) is 11.8 Å². The molecule has 0 saturated heterocycles. The van der Waals surface area contributed by atoms with Crippen molar-refractivity contribution in [2.75, 3.05) is 4.90 Å². The summed E-state index contributed by atoms with van der Waals surface area (Å²) in [6.45, 7) is 13.9. The molecule has 8 aromatic carbocycles. The van der Waals surface area contributed by atoms with Gasteiger partial charge >= 0.3 is 0 Å². The standard InChI is InChI=1S/C67H55N/c1-44-27-37-57-58-38-36-54(43-64(58)66(4,5)63(57)41-44)68(53-34-30-48(31-35-53)55-24-13-12-17-45(55)2)52-32-28-47(29-33-52)49-19-16-18-46(3)56-39-40-62-65(60(56)42-49)59-25-14-15-26-61(59)67(62,50-20-8-6-9-21-50)51-22-10-7-11-23-51/h6-11,13-16,18-30,32-34,36-41,43,45,55H,3,12,17,42H2,1-2,4-5H3/b18-16-,49-19+. The summed E-state index contributed by atoms with van der Waals surface area (Å²) >= 11 is 0. The first-order valence-electron chi connectivity index (χ1n) is 24.4. The van der Waals surface area contributed by atoms with E-state index in [1.165, 1.54) is 95.4 Å². The van der Waals surface area contributed by atoms with E-state index in [9.17, 15) is 0 Å². The molecule has 12 rings (SSSR count). The van der Waals surface area contributed by atoms with Gasteiger partial charge in [0.2, 0.25) is 0 Å². The highest BCUT2D eigenvalue weighted by molar-refractivity contribution is 5.94. The molecule has 0 spiro atoms. The van der Waals surface area contributed by atoms with Gasteiger partial charge in [0.1, 0.15) is 0 Å². The van der Waals surface area contributed by atoms with Crippen LogP contribution in [0.25, 0.3) is 33.4 Å². The Morgan fingerprint density at radius 3 is 2.01 bits per heavy atom. The molecule has 0 saturated carbocycles. The van der Waals surface area contributed by atoms with Gasteiger partial charge in [0.15, 0.2) is 0 Å². The molecule has 0 aromatic heterocycles. The zero-order valence-corrected chi connectivity index (χ0v) is 39.5. The van der Waals surface area contributed by atoms with Crippen LogP contribution in [0.5, 0.6) is 0 Å². The molecule has 0 radical (unpaired) electrons. The largest absolute Gasteiger partial charge is 0.303 e. The summed E-state index contributed by atoms with van der Waals surface area (Å²) in [7, 11) is 0. The predicted octanol–water partition coefficient (Wildman–Crippen LogP) is 17.0. The van der Waals surface area contributed by atoms with Crippen LogP contribution in [0.2, 0.25) is 0 Å². The Hall–Kier alpha value is -7.66. The number of aryl methyl sites for hydroxylation is 1. The van der Waals surface area contributed by atoms with E-state index in [4.69, 9.17) is 0 Å². The second kappa shape index (κ2) is 16.3. The zero-order valence-electron chi connectivity index (χ0n) is 39.5. The summed E-state index contributed by atoms with van der Waals surface area (Å²) in [5.74, 6) is 0.942. The van der Waals surface area contributed by atoms with Crippen LogP contribution in [0.15, 0.2) is 207 Å². The minimum Gasteiger partial charge on any atom is -0.303 e. The summed E-state index contributed by atoms with van der Waals surface area (Å²) in [4.78, 5) is 2.37. The lowest BCUT2D eigenvalue weighted by Crippen LogP contribution is -2.28. The van der Waals surface area contributed by atoms with Crippen molar-refractivity contribution in [2.24, 2.45) is 5.92 Å². The molecule has 8 aromatic rings. The molecule has 1 heteroatoms. The highest BCUT2D eigenvalue weighted by atomic mass is 15.1. The van der Waals surface area contributed by atoms with Crippen molar-refractivity contribution >= 4 is 28.2 Å². The van der Waals surface area contributed by atoms with Crippen LogP contribution in [0, 0.1) is 25.0 Å². The summed E-state index contributed by atoms with van der Waals surface area (Å²) in [6, 6.07) is 71.0. The molecule has 0 heterocycles. The first-order valence-corrected chi connectivity index (χ1v) is 24.4. The van der Waals surface area contributed by atoms with Crippen LogP contribution in [-0.2, 0) is 17.3 Å². The van der Waals surface area contributed by atoms with E-state index in [0.717, 1.165) is 35.5 Å². The van der Waals surface area contributed by atoms with E-state index >= 15 is 0 Å². The summed E-state index contributed by atoms with van der Waals surface area (Å²) in [6.07, 6.45) is 14.5. The maximum absolute atomic E-state index is 4.63. The zero-order chi connectivity index (χ0) is 46.1. The van der Waals surface area contributed by atoms with Crippen LogP contribution >= 0.6 is 0 Å². The van der Waals surface area contributed by atoms with Crippen LogP contribution in [-0.4, -0.2) is 0 Å². The van der Waals surface area contributed by atoms with Gasteiger partial charge in [-0.2, -0.15) is 0 Å². The number of rotatable bonds is 7. The third kappa shape index (κ3) is 6.53. The fraction of sp³-hybridized carbons (Fsp3) is 0.164. The number of anilines is 3. The van der Waals surface area contributed by atoms with E-state index < -0.39 is 5.41 Å². The average Bonchev–Trinajstić information content (AvgIpc) is 3.79. The number of hydrogen-bond donors (Lipinski definition) is 0. The SMILES string of the molecule is C=C1/C=C\C=C(\c2ccc(N(c3c#cc(C4C=CCCC4C)cc3)c3ccc4c(c3)C(C)(C)c3cc(C)ccc3-4)cc2)Cc2c1ccc1c2-c2ccccc2C1(c1ccccc1)c1ccccc1. The Morgan fingerprint density at radius 2 is 1.29 bits per heavy atom. The van der Waals surface area contributed by atoms with Gasteiger partial charge in [-0.15, -0.1) is 0 Å². The molecule has 2 unspecified atom stereocenters. The first kappa shape index (κ1) is 41.7. The lowest BCUT2D eigenvalue weighted by atomic mass is 9.67. The molecular formula is C67H55N. The minimum atomic E-state index is -0.468. The van der Waals surface area contributed by atoms with Crippen molar-refractivity contribution in [3.63, 3.8) is 0 Å². The normalized spacial score (nSPS) is 19.2. The molecule has 0 amide bonds. The molecule has 68 heavy (non-hydrogen) atoms. The smallest absolute Gasteiger partial charge is 0.0973 e. The number of allylic oxidation sites excluding steroid dienone is 7. The molecule has 4 aliphatic carbocycles. The first-order chi connectivity index (χ1) is 33.2. The van der Waals surface area contributed by atoms with Crippen molar-refractivity contribution in [1.82, 2.24) is 0 Å². The summed E-state index contributed by atoms with van der Waals surface area (Å²) in [5.41, 5.74) is 24.3. The molecule has 0 N–H and O–H groups in total. The minimum absolute atomic E-state index is 0.131. The highest BCUT2D eigenvalue weighted by Crippen LogP contribution is 2.58. The molecule has 1 nitrogen and oxygen atoms in total. The molecule has 0 fully saturated rings. The average molecular weight is 874 g/mol. The van der Waals surface area contributed by atoms with Crippen LogP contribution in [0.3, 0.4) is 0 Å². The topological polar surface area (TPSA) is 3.24 Å². The summed E-state index contributed by atoms with van der Waals surface area (Å²) in [5, 5.41) is 0. The third-order valence-electron chi connectivity index (χ3n) is 15.7. The fourth-order valence-electron chi connectivity index (χ4n) is 12.2. The Labute approximate surface area is 403 Å². The molecular weight excluding hydrogens is 819 g/mol. The number of nitrogens with zero attached hydrogens (tertiary/aromatic N) is 1. The number of hydrogen-bond acceptors (Lipinski definition) is 1. The van der Waals surface area contributed by atoms with Crippen LogP contribution in [0.4, 0.5) is 17.1 Å². The second-order valence-corrected chi connectivity index (χ2v) is 20.0. The molecule has 4 aliphatic rings. The van der Waals surface area contributed by atoms with Crippen LogP contribution in [0.1, 0.15) is 101 Å². The Bertz CT molecular complexity index is 3320. The van der Waals surface area contributed by atoms with Crippen molar-refractivity contribution in [3.05, 3.63) is 280 Å². The highest BCUT2D eigenvalue weighted by Gasteiger charge is 2.47. The summed E-state index contributed by atoms with van der Waals surface area (Å²) < 4.78 is 0. The Morgan fingerprint density at radius 1 is 0.618 bits per heavy atom.